The molecule has 104 valence electrons. The van der Waals surface area contributed by atoms with Crippen molar-refractivity contribution in [3.8, 4) is 0 Å². The van der Waals surface area contributed by atoms with E-state index in [-0.39, 0.29) is 0 Å². The summed E-state index contributed by atoms with van der Waals surface area (Å²) in [7, 11) is 3.89. The summed E-state index contributed by atoms with van der Waals surface area (Å²) < 4.78 is 2.04. The topological polar surface area (TPSA) is 29.9 Å². The lowest BCUT2D eigenvalue weighted by Crippen LogP contribution is -2.32. The van der Waals surface area contributed by atoms with Crippen molar-refractivity contribution in [3.05, 3.63) is 16.4 Å². The zero-order valence-electron chi connectivity index (χ0n) is 12.2. The number of aromatic nitrogens is 2. The highest BCUT2D eigenvalue weighted by Gasteiger charge is 2.19. The lowest BCUT2D eigenvalue weighted by molar-refractivity contribution is 0.612. The van der Waals surface area contributed by atoms with Gasteiger partial charge in [-0.15, -0.1) is 0 Å². The molecule has 0 aromatic carbocycles. The van der Waals surface area contributed by atoms with E-state index >= 15 is 0 Å². The van der Waals surface area contributed by atoms with Crippen LogP contribution in [0.15, 0.2) is 0 Å². The van der Waals surface area contributed by atoms with E-state index in [1.165, 1.54) is 0 Å². The van der Waals surface area contributed by atoms with E-state index in [4.69, 9.17) is 11.6 Å². The Morgan fingerprint density at radius 2 is 2.06 bits per heavy atom. The minimum atomic E-state index is 0.295. The van der Waals surface area contributed by atoms with Gasteiger partial charge in [0.05, 0.1) is 5.69 Å². The van der Waals surface area contributed by atoms with Crippen LogP contribution < -0.4 is 5.32 Å². The van der Waals surface area contributed by atoms with Crippen molar-refractivity contribution in [2.75, 3.05) is 12.8 Å². The number of rotatable bonds is 5. The summed E-state index contributed by atoms with van der Waals surface area (Å²) >= 11 is 8.24. The van der Waals surface area contributed by atoms with E-state index in [2.05, 4.69) is 31.2 Å². The van der Waals surface area contributed by atoms with Crippen molar-refractivity contribution in [2.24, 2.45) is 7.05 Å². The van der Waals surface area contributed by atoms with Crippen LogP contribution in [0, 0.1) is 6.92 Å². The van der Waals surface area contributed by atoms with Gasteiger partial charge in [-0.05, 0) is 20.4 Å². The van der Waals surface area contributed by atoms with E-state index in [0.29, 0.717) is 10.8 Å². The summed E-state index contributed by atoms with van der Waals surface area (Å²) in [5.74, 6) is 1.07. The van der Waals surface area contributed by atoms with Crippen molar-refractivity contribution in [2.45, 2.75) is 44.9 Å². The van der Waals surface area contributed by atoms with Crippen LogP contribution in [-0.4, -0.2) is 33.4 Å². The number of nitrogens with zero attached hydrogens (tertiary/aromatic N) is 2. The molecule has 1 heterocycles. The summed E-state index contributed by atoms with van der Waals surface area (Å²) in [6, 6.07) is 0.426. The van der Waals surface area contributed by atoms with Gasteiger partial charge < -0.3 is 5.32 Å². The zero-order chi connectivity index (χ0) is 13.9. The van der Waals surface area contributed by atoms with Crippen LogP contribution in [0.4, 0.5) is 0 Å². The van der Waals surface area contributed by atoms with Gasteiger partial charge in [-0.2, -0.15) is 16.9 Å². The molecular weight excluding hydrogens is 266 g/mol. The average molecular weight is 290 g/mol. The number of likely N-dealkylation sites (N-methyl/N-ethyl adjacent to an activating group) is 1. The van der Waals surface area contributed by atoms with Crippen LogP contribution in [0.3, 0.4) is 0 Å². The molecule has 1 atom stereocenters. The number of thioether (sulfide) groups is 1. The van der Waals surface area contributed by atoms with Gasteiger partial charge >= 0.3 is 0 Å². The first-order chi connectivity index (χ1) is 8.24. The van der Waals surface area contributed by atoms with Crippen molar-refractivity contribution in [3.63, 3.8) is 0 Å². The van der Waals surface area contributed by atoms with Gasteiger partial charge in [0.1, 0.15) is 5.15 Å². The molecule has 0 amide bonds. The van der Waals surface area contributed by atoms with Gasteiger partial charge in [0.15, 0.2) is 0 Å². The van der Waals surface area contributed by atoms with E-state index in [9.17, 15) is 0 Å². The Bertz CT molecular complexity index is 396. The second-order valence-corrected chi connectivity index (χ2v) is 7.80. The van der Waals surface area contributed by atoms with Crippen molar-refractivity contribution >= 4 is 23.4 Å². The highest BCUT2D eigenvalue weighted by atomic mass is 35.5. The molecule has 5 heteroatoms. The van der Waals surface area contributed by atoms with Crippen molar-refractivity contribution in [1.29, 1.82) is 0 Å². The Hall–Kier alpha value is -0.190. The zero-order valence-corrected chi connectivity index (χ0v) is 13.7. The van der Waals surface area contributed by atoms with Gasteiger partial charge in [0, 0.05) is 29.2 Å². The van der Waals surface area contributed by atoms with Crippen LogP contribution in [-0.2, 0) is 13.5 Å². The molecular formula is C13H24ClN3S. The van der Waals surface area contributed by atoms with E-state index < -0.39 is 0 Å². The highest BCUT2D eigenvalue weighted by Crippen LogP contribution is 2.26. The molecule has 1 unspecified atom stereocenters. The molecule has 0 fully saturated rings. The number of hydrogen-bond acceptors (Lipinski definition) is 3. The molecule has 1 rings (SSSR count). The lowest BCUT2D eigenvalue weighted by Gasteiger charge is -2.22. The standard InChI is InChI=1S/C13H24ClN3S/c1-9-11(12(14)17(6)16-9)7-10(15-5)8-18-13(2,3)4/h10,15H,7-8H2,1-6H3. The predicted molar refractivity (Wildman–Crippen MR) is 81.7 cm³/mol. The monoisotopic (exact) mass is 289 g/mol. The molecule has 0 saturated heterocycles. The van der Waals surface area contributed by atoms with E-state index in [1.807, 2.05) is 32.8 Å². The third-order valence-electron chi connectivity index (χ3n) is 2.85. The Morgan fingerprint density at radius 1 is 1.44 bits per heavy atom. The van der Waals surface area contributed by atoms with Crippen molar-refractivity contribution < 1.29 is 0 Å². The fourth-order valence-electron chi connectivity index (χ4n) is 1.75. The highest BCUT2D eigenvalue weighted by molar-refractivity contribution is 8.00. The van der Waals surface area contributed by atoms with Crippen LogP contribution in [0.1, 0.15) is 32.0 Å². The van der Waals surface area contributed by atoms with Crippen LogP contribution in [0.2, 0.25) is 5.15 Å². The molecule has 0 radical (unpaired) electrons. The normalized spacial score (nSPS) is 13.9. The third kappa shape index (κ3) is 4.48. The van der Waals surface area contributed by atoms with Gasteiger partial charge in [0.25, 0.3) is 0 Å². The lowest BCUT2D eigenvalue weighted by atomic mass is 10.1. The van der Waals surface area contributed by atoms with Gasteiger partial charge in [-0.3, -0.25) is 4.68 Å². The van der Waals surface area contributed by atoms with E-state index in [1.54, 1.807) is 4.68 Å². The molecule has 1 aromatic heterocycles. The number of aryl methyl sites for hydroxylation is 2. The Kier molecular flexibility index (Phi) is 5.56. The summed E-state index contributed by atoms with van der Waals surface area (Å²) in [6.45, 7) is 8.75. The maximum Gasteiger partial charge on any atom is 0.130 e. The molecule has 1 N–H and O–H groups in total. The number of nitrogens with one attached hydrogen (secondary N) is 1. The second-order valence-electron chi connectivity index (χ2n) is 5.59. The fourth-order valence-corrected chi connectivity index (χ4v) is 2.98. The molecule has 0 spiro atoms. The van der Waals surface area contributed by atoms with Gasteiger partial charge in [-0.1, -0.05) is 32.4 Å². The minimum Gasteiger partial charge on any atom is -0.316 e. The summed E-state index contributed by atoms with van der Waals surface area (Å²) in [6.07, 6.45) is 0.929. The summed E-state index contributed by atoms with van der Waals surface area (Å²) in [4.78, 5) is 0. The summed E-state index contributed by atoms with van der Waals surface area (Å²) in [5.41, 5.74) is 2.19. The first-order valence-corrected chi connectivity index (χ1v) is 7.60. The molecule has 0 bridgehead atoms. The minimum absolute atomic E-state index is 0.295. The molecule has 1 aromatic rings. The van der Waals surface area contributed by atoms with E-state index in [0.717, 1.165) is 28.6 Å². The molecule has 0 saturated carbocycles. The largest absolute Gasteiger partial charge is 0.316 e. The predicted octanol–water partition coefficient (Wildman–Crippen LogP) is 3.04. The quantitative estimate of drug-likeness (QED) is 0.904. The molecule has 0 aliphatic carbocycles. The van der Waals surface area contributed by atoms with Gasteiger partial charge in [0.2, 0.25) is 0 Å². The average Bonchev–Trinajstić information content (AvgIpc) is 2.48. The van der Waals surface area contributed by atoms with Crippen molar-refractivity contribution in [1.82, 2.24) is 15.1 Å². The molecule has 18 heavy (non-hydrogen) atoms. The van der Waals surface area contributed by atoms with Gasteiger partial charge in [-0.25, -0.2) is 0 Å². The third-order valence-corrected chi connectivity index (χ3v) is 4.75. The first kappa shape index (κ1) is 15.9. The maximum absolute atomic E-state index is 6.27. The number of hydrogen-bond donors (Lipinski definition) is 1. The Balaban J connectivity index is 2.68. The first-order valence-electron chi connectivity index (χ1n) is 6.23. The van der Waals surface area contributed by atoms with Crippen LogP contribution in [0.25, 0.3) is 0 Å². The SMILES string of the molecule is CNC(CSC(C)(C)C)Cc1c(C)nn(C)c1Cl. The maximum atomic E-state index is 6.27. The second kappa shape index (κ2) is 6.31. The molecule has 0 aliphatic rings. The Labute approximate surface area is 120 Å². The van der Waals surface area contributed by atoms with Crippen LogP contribution >= 0.6 is 23.4 Å². The molecule has 0 aliphatic heterocycles. The number of halogens is 1. The molecule has 3 nitrogen and oxygen atoms in total. The smallest absolute Gasteiger partial charge is 0.130 e. The Morgan fingerprint density at radius 3 is 2.44 bits per heavy atom. The van der Waals surface area contributed by atoms with Crippen LogP contribution in [0.5, 0.6) is 0 Å². The summed E-state index contributed by atoms with van der Waals surface area (Å²) in [5, 5.41) is 8.49. The fraction of sp³-hybridized carbons (Fsp3) is 0.769.